The molecule has 0 fully saturated rings. The molecule has 0 saturated carbocycles. The number of phenols is 1. The van der Waals surface area contributed by atoms with Crippen LogP contribution >= 0.6 is 0 Å². The Morgan fingerprint density at radius 3 is 2.07 bits per heavy atom. The molecule has 0 spiro atoms. The van der Waals surface area contributed by atoms with Crippen LogP contribution in [0.1, 0.15) is 49.0 Å². The Labute approximate surface area is 176 Å². The van der Waals surface area contributed by atoms with Gasteiger partial charge in [0, 0.05) is 5.56 Å². The molecule has 0 bridgehead atoms. The Morgan fingerprint density at radius 2 is 1.50 bits per heavy atom. The molecule has 0 saturated heterocycles. The lowest BCUT2D eigenvalue weighted by Gasteiger charge is -2.14. The molecule has 7 heteroatoms. The van der Waals surface area contributed by atoms with Crippen LogP contribution in [0.3, 0.4) is 0 Å². The lowest BCUT2D eigenvalue weighted by atomic mass is 10.0. The van der Waals surface area contributed by atoms with Gasteiger partial charge in [-0.3, -0.25) is 4.79 Å². The van der Waals surface area contributed by atoms with Crippen LogP contribution in [-0.2, 0) is 11.2 Å². The second-order valence-electron chi connectivity index (χ2n) is 6.80. The van der Waals surface area contributed by atoms with Crippen molar-refractivity contribution in [1.29, 1.82) is 0 Å². The van der Waals surface area contributed by atoms with Crippen LogP contribution in [0, 0.1) is 0 Å². The fourth-order valence-electron chi connectivity index (χ4n) is 2.88. The molecule has 7 nitrogen and oxygen atoms in total. The molecule has 0 heterocycles. The molecular formula is C23H28O7. The number of rotatable bonds is 13. The number of carboxylic acid groups (broad SMARTS) is 1. The van der Waals surface area contributed by atoms with Gasteiger partial charge < -0.3 is 24.4 Å². The molecular weight excluding hydrogens is 388 g/mol. The number of unbranched alkanes of at least 4 members (excludes halogenated alkanes) is 1. The molecule has 30 heavy (non-hydrogen) atoms. The van der Waals surface area contributed by atoms with Crippen molar-refractivity contribution in [1.82, 2.24) is 0 Å². The Kier molecular flexibility index (Phi) is 9.00. The van der Waals surface area contributed by atoms with E-state index in [1.165, 1.54) is 6.92 Å². The van der Waals surface area contributed by atoms with E-state index in [4.69, 9.17) is 19.3 Å². The molecule has 2 aromatic carbocycles. The number of phenolic OH excluding ortho intramolecular Hbond substituents is 1. The fourth-order valence-corrected chi connectivity index (χ4v) is 2.88. The number of carboxylic acids is 1. The zero-order chi connectivity index (χ0) is 21.9. The van der Waals surface area contributed by atoms with Gasteiger partial charge in [-0.1, -0.05) is 13.3 Å². The minimum Gasteiger partial charge on any atom is -0.507 e. The number of hydrogen-bond acceptors (Lipinski definition) is 6. The van der Waals surface area contributed by atoms with Crippen molar-refractivity contribution in [3.63, 3.8) is 0 Å². The number of ketones is 1. The first kappa shape index (κ1) is 23.1. The molecule has 0 aliphatic heterocycles. The maximum absolute atomic E-state index is 11.6. The van der Waals surface area contributed by atoms with Gasteiger partial charge in [0.15, 0.2) is 12.4 Å². The van der Waals surface area contributed by atoms with Crippen molar-refractivity contribution in [2.24, 2.45) is 0 Å². The predicted octanol–water partition coefficient (Wildman–Crippen LogP) is 4.25. The summed E-state index contributed by atoms with van der Waals surface area (Å²) in [7, 11) is 0. The van der Waals surface area contributed by atoms with Gasteiger partial charge in [-0.2, -0.15) is 0 Å². The normalized spacial score (nSPS) is 10.5. The maximum Gasteiger partial charge on any atom is 0.341 e. The third-order valence-electron chi connectivity index (χ3n) is 4.37. The summed E-state index contributed by atoms with van der Waals surface area (Å²) < 4.78 is 16.6. The number of ether oxygens (including phenoxy) is 3. The number of hydrogen-bond donors (Lipinski definition) is 2. The lowest BCUT2D eigenvalue weighted by Crippen LogP contribution is -2.09. The summed E-state index contributed by atoms with van der Waals surface area (Å²) >= 11 is 0. The van der Waals surface area contributed by atoms with Gasteiger partial charge in [-0.05, 0) is 62.6 Å². The van der Waals surface area contributed by atoms with Gasteiger partial charge in [-0.25, -0.2) is 4.79 Å². The minimum atomic E-state index is -1.02. The Hall–Kier alpha value is -3.22. The van der Waals surface area contributed by atoms with Crippen molar-refractivity contribution in [3.05, 3.63) is 47.5 Å². The van der Waals surface area contributed by atoms with Crippen molar-refractivity contribution < 1.29 is 34.0 Å². The molecule has 162 valence electrons. The van der Waals surface area contributed by atoms with E-state index in [2.05, 4.69) is 0 Å². The smallest absolute Gasteiger partial charge is 0.341 e. The topological polar surface area (TPSA) is 102 Å². The van der Waals surface area contributed by atoms with Gasteiger partial charge >= 0.3 is 5.97 Å². The van der Waals surface area contributed by atoms with Crippen molar-refractivity contribution in [2.45, 2.75) is 39.5 Å². The molecule has 0 radical (unpaired) electrons. The summed E-state index contributed by atoms with van der Waals surface area (Å²) in [4.78, 5) is 22.1. The highest BCUT2D eigenvalue weighted by Crippen LogP contribution is 2.33. The highest BCUT2D eigenvalue weighted by atomic mass is 16.5. The first-order valence-electron chi connectivity index (χ1n) is 9.98. The lowest BCUT2D eigenvalue weighted by molar-refractivity contribution is -0.139. The molecule has 2 N–H and O–H groups in total. The molecule has 2 aromatic rings. The van der Waals surface area contributed by atoms with E-state index in [1.54, 1.807) is 36.4 Å². The van der Waals surface area contributed by atoms with Crippen LogP contribution < -0.4 is 14.2 Å². The van der Waals surface area contributed by atoms with E-state index in [1.807, 2.05) is 6.92 Å². The summed E-state index contributed by atoms with van der Waals surface area (Å²) in [5.41, 5.74) is 0.991. The van der Waals surface area contributed by atoms with Crippen molar-refractivity contribution >= 4 is 11.8 Å². The molecule has 0 aliphatic rings. The number of Topliss-reactive ketones (excluding diaryl/α,β-unsaturated/α-hetero) is 1. The molecule has 0 unspecified atom stereocenters. The minimum absolute atomic E-state index is 0.0148. The highest BCUT2D eigenvalue weighted by Gasteiger charge is 2.15. The maximum atomic E-state index is 11.6. The summed E-state index contributed by atoms with van der Waals surface area (Å²) in [6, 6.07) is 10.1. The second-order valence-corrected chi connectivity index (χ2v) is 6.80. The van der Waals surface area contributed by atoms with Gasteiger partial charge in [0.1, 0.15) is 23.0 Å². The van der Waals surface area contributed by atoms with E-state index < -0.39 is 5.97 Å². The third-order valence-corrected chi connectivity index (χ3v) is 4.37. The largest absolute Gasteiger partial charge is 0.507 e. The standard InChI is InChI=1S/C23H28O7/c1-3-6-20-21(12-11-19(16(2)24)23(20)27)29-14-5-4-13-28-17-7-9-18(10-8-17)30-15-22(25)26/h7-12,27H,3-6,13-15H2,1-2H3,(H,25,26). The van der Waals surface area contributed by atoms with E-state index in [9.17, 15) is 14.7 Å². The third kappa shape index (κ3) is 6.99. The monoisotopic (exact) mass is 416 g/mol. The summed E-state index contributed by atoms with van der Waals surface area (Å²) in [6.45, 7) is 4.04. The second kappa shape index (κ2) is 11.7. The van der Waals surface area contributed by atoms with E-state index in [-0.39, 0.29) is 18.1 Å². The van der Waals surface area contributed by atoms with Crippen molar-refractivity contribution in [3.8, 4) is 23.0 Å². The van der Waals surface area contributed by atoms with Gasteiger partial charge in [0.2, 0.25) is 0 Å². The Balaban J connectivity index is 1.76. The zero-order valence-corrected chi connectivity index (χ0v) is 17.3. The van der Waals surface area contributed by atoms with Crippen LogP contribution in [0.25, 0.3) is 0 Å². The molecule has 0 aromatic heterocycles. The number of benzene rings is 2. The first-order valence-corrected chi connectivity index (χ1v) is 9.98. The van der Waals surface area contributed by atoms with E-state index in [0.29, 0.717) is 48.0 Å². The summed E-state index contributed by atoms with van der Waals surface area (Å²) in [5, 5.41) is 19.0. The Morgan fingerprint density at radius 1 is 0.900 bits per heavy atom. The first-order chi connectivity index (χ1) is 14.4. The quantitative estimate of drug-likeness (QED) is 0.372. The van der Waals surface area contributed by atoms with Gasteiger partial charge in [0.25, 0.3) is 0 Å². The highest BCUT2D eigenvalue weighted by molar-refractivity contribution is 5.97. The van der Waals surface area contributed by atoms with Crippen LogP contribution in [-0.4, -0.2) is 41.8 Å². The Bertz CT molecular complexity index is 843. The van der Waals surface area contributed by atoms with E-state index >= 15 is 0 Å². The molecule has 0 atom stereocenters. The number of carbonyl (C=O) groups excluding carboxylic acids is 1. The van der Waals surface area contributed by atoms with Gasteiger partial charge in [0.05, 0.1) is 18.8 Å². The molecule has 0 aliphatic carbocycles. The number of aliphatic carboxylic acids is 1. The number of carbonyl (C=O) groups is 2. The molecule has 2 rings (SSSR count). The molecule has 0 amide bonds. The number of aromatic hydroxyl groups is 1. The average molecular weight is 416 g/mol. The zero-order valence-electron chi connectivity index (χ0n) is 17.3. The van der Waals surface area contributed by atoms with Gasteiger partial charge in [-0.15, -0.1) is 0 Å². The predicted molar refractivity (Wildman–Crippen MR) is 112 cm³/mol. The van der Waals surface area contributed by atoms with Crippen LogP contribution in [0.2, 0.25) is 0 Å². The van der Waals surface area contributed by atoms with Crippen LogP contribution in [0.4, 0.5) is 0 Å². The van der Waals surface area contributed by atoms with Crippen molar-refractivity contribution in [2.75, 3.05) is 19.8 Å². The SMILES string of the molecule is CCCc1c(OCCCCOc2ccc(OCC(=O)O)cc2)ccc(C(C)=O)c1O. The van der Waals surface area contributed by atoms with E-state index in [0.717, 1.165) is 19.3 Å². The van der Waals surface area contributed by atoms with Crippen LogP contribution in [0.5, 0.6) is 23.0 Å². The van der Waals surface area contributed by atoms with Crippen LogP contribution in [0.15, 0.2) is 36.4 Å². The average Bonchev–Trinajstić information content (AvgIpc) is 2.71. The summed E-state index contributed by atoms with van der Waals surface area (Å²) in [5.74, 6) is 0.575. The summed E-state index contributed by atoms with van der Waals surface area (Å²) in [6.07, 6.45) is 3.01. The fraction of sp³-hybridized carbons (Fsp3) is 0.391.